The third-order valence-corrected chi connectivity index (χ3v) is 1.07. The molecule has 0 aromatic carbocycles. The summed E-state index contributed by atoms with van der Waals surface area (Å²) in [6.07, 6.45) is -1.42. The van der Waals surface area contributed by atoms with Crippen LogP contribution in [0.25, 0.3) is 0 Å². The van der Waals surface area contributed by atoms with Gasteiger partial charge < -0.3 is 5.11 Å². The molecule has 0 heterocycles. The third-order valence-electron chi connectivity index (χ3n) is 1.07. The molecule has 0 bridgehead atoms. The van der Waals surface area contributed by atoms with Crippen LogP contribution in [0.3, 0.4) is 0 Å². The molecule has 1 saturated carbocycles. The van der Waals surface area contributed by atoms with Gasteiger partial charge in [-0.2, -0.15) is 0 Å². The Morgan fingerprint density at radius 1 is 1.38 bits per heavy atom. The van der Waals surface area contributed by atoms with Gasteiger partial charge in [0.15, 0.2) is 0 Å². The van der Waals surface area contributed by atoms with Crippen molar-refractivity contribution in [3.05, 3.63) is 0 Å². The molecule has 0 atom stereocenters. The monoisotopic (exact) mass is 144 g/mol. The Labute approximate surface area is 52.1 Å². The number of aliphatic hydroxyl groups is 1. The highest BCUT2D eigenvalue weighted by Gasteiger charge is 2.44. The maximum Gasteiger partial charge on any atom is 0.253 e. The molecule has 8 heavy (non-hydrogen) atoms. The second-order valence-corrected chi connectivity index (χ2v) is 1.92. The van der Waals surface area contributed by atoms with E-state index in [1.165, 1.54) is 0 Å². The summed E-state index contributed by atoms with van der Waals surface area (Å²) in [5.74, 6) is -2.56. The second-order valence-electron chi connectivity index (χ2n) is 1.92. The zero-order valence-corrected chi connectivity index (χ0v) is 4.92. The molecule has 0 aromatic rings. The van der Waals surface area contributed by atoms with E-state index in [9.17, 15) is 8.78 Å². The lowest BCUT2D eigenvalue weighted by atomic mass is 9.91. The van der Waals surface area contributed by atoms with Crippen LogP contribution < -0.4 is 0 Å². The number of halogens is 3. The minimum atomic E-state index is -2.56. The lowest BCUT2D eigenvalue weighted by molar-refractivity contribution is -0.143. The molecule has 0 aromatic heterocycles. The van der Waals surface area contributed by atoms with Crippen molar-refractivity contribution in [1.82, 2.24) is 0 Å². The highest BCUT2D eigenvalue weighted by atomic mass is 35.5. The zero-order chi connectivity index (χ0) is 5.49. The first kappa shape index (κ1) is 8.11. The highest BCUT2D eigenvalue weighted by Crippen LogP contribution is 2.36. The number of rotatable bonds is 0. The predicted octanol–water partition coefficient (Wildman–Crippen LogP) is 1.20. The van der Waals surface area contributed by atoms with E-state index in [4.69, 9.17) is 5.11 Å². The average Bonchev–Trinajstić information content (AvgIpc) is 1.27. The van der Waals surface area contributed by atoms with E-state index < -0.39 is 12.0 Å². The van der Waals surface area contributed by atoms with Crippen molar-refractivity contribution in [3.8, 4) is 0 Å². The van der Waals surface area contributed by atoms with Gasteiger partial charge in [-0.15, -0.1) is 12.4 Å². The number of alkyl halides is 2. The molecule has 0 spiro atoms. The van der Waals surface area contributed by atoms with Crippen molar-refractivity contribution in [3.63, 3.8) is 0 Å². The Balaban J connectivity index is 0.000000490. The average molecular weight is 145 g/mol. The van der Waals surface area contributed by atoms with Crippen molar-refractivity contribution in [2.75, 3.05) is 0 Å². The van der Waals surface area contributed by atoms with Gasteiger partial charge in [-0.05, 0) is 0 Å². The molecule has 1 rings (SSSR count). The van der Waals surface area contributed by atoms with Crippen LogP contribution in [0.5, 0.6) is 0 Å². The minimum absolute atomic E-state index is 0. The summed E-state index contributed by atoms with van der Waals surface area (Å²) >= 11 is 0. The van der Waals surface area contributed by atoms with E-state index in [0.29, 0.717) is 0 Å². The predicted molar refractivity (Wildman–Crippen MR) is 27.4 cm³/mol. The van der Waals surface area contributed by atoms with Crippen LogP contribution in [-0.4, -0.2) is 17.1 Å². The number of aliphatic hydroxyl groups excluding tert-OH is 1. The maximum absolute atomic E-state index is 11.6. The summed E-state index contributed by atoms with van der Waals surface area (Å²) in [6.45, 7) is 0. The van der Waals surface area contributed by atoms with Crippen LogP contribution in [-0.2, 0) is 0 Å². The first-order valence-corrected chi connectivity index (χ1v) is 2.16. The first-order chi connectivity index (χ1) is 3.10. The Morgan fingerprint density at radius 2 is 1.75 bits per heavy atom. The first-order valence-electron chi connectivity index (χ1n) is 2.16. The Hall–Kier alpha value is 0.110. The molecule has 0 unspecified atom stereocenters. The van der Waals surface area contributed by atoms with Crippen LogP contribution >= 0.6 is 12.4 Å². The highest BCUT2D eigenvalue weighted by molar-refractivity contribution is 5.85. The Bertz CT molecular complexity index is 78.1. The van der Waals surface area contributed by atoms with Gasteiger partial charge in [-0.3, -0.25) is 0 Å². The molecule has 50 valence electrons. The standard InChI is InChI=1S/C4H6F2O.ClH/c5-4(6)1-3(7)2-4;/h3,7H,1-2H2;1H. The molecule has 1 aliphatic rings. The van der Waals surface area contributed by atoms with Crippen LogP contribution in [0.2, 0.25) is 0 Å². The lowest BCUT2D eigenvalue weighted by Crippen LogP contribution is -2.39. The Kier molecular flexibility index (Phi) is 2.18. The normalized spacial score (nSPS) is 25.9. The van der Waals surface area contributed by atoms with Gasteiger partial charge in [0.1, 0.15) is 0 Å². The van der Waals surface area contributed by atoms with Crippen LogP contribution in [0.4, 0.5) is 8.78 Å². The van der Waals surface area contributed by atoms with Crippen molar-refractivity contribution in [1.29, 1.82) is 0 Å². The van der Waals surface area contributed by atoms with Crippen molar-refractivity contribution in [2.45, 2.75) is 24.9 Å². The van der Waals surface area contributed by atoms with Crippen LogP contribution in [0.15, 0.2) is 0 Å². The quantitative estimate of drug-likeness (QED) is 0.542. The number of hydrogen-bond donors (Lipinski definition) is 1. The van der Waals surface area contributed by atoms with Gasteiger partial charge in [-0.25, -0.2) is 8.78 Å². The summed E-state index contributed by atoms with van der Waals surface area (Å²) in [5, 5.41) is 8.30. The fourth-order valence-electron chi connectivity index (χ4n) is 0.630. The van der Waals surface area contributed by atoms with Gasteiger partial charge in [0.05, 0.1) is 6.10 Å². The van der Waals surface area contributed by atoms with E-state index in [1.54, 1.807) is 0 Å². The van der Waals surface area contributed by atoms with E-state index in [0.717, 1.165) is 0 Å². The third kappa shape index (κ3) is 1.56. The fraction of sp³-hybridized carbons (Fsp3) is 1.00. The molecule has 1 fully saturated rings. The van der Waals surface area contributed by atoms with E-state index in [1.807, 2.05) is 0 Å². The lowest BCUT2D eigenvalue weighted by Gasteiger charge is -2.30. The fourth-order valence-corrected chi connectivity index (χ4v) is 0.630. The van der Waals surface area contributed by atoms with Crippen LogP contribution in [0.1, 0.15) is 12.8 Å². The van der Waals surface area contributed by atoms with Gasteiger partial charge in [0.25, 0.3) is 5.92 Å². The van der Waals surface area contributed by atoms with Crippen molar-refractivity contribution < 1.29 is 13.9 Å². The minimum Gasteiger partial charge on any atom is -0.393 e. The molecular weight excluding hydrogens is 137 g/mol. The molecule has 1 aliphatic carbocycles. The van der Waals surface area contributed by atoms with E-state index in [2.05, 4.69) is 0 Å². The summed E-state index contributed by atoms with van der Waals surface area (Å²) < 4.78 is 23.3. The van der Waals surface area contributed by atoms with Crippen LogP contribution in [0, 0.1) is 0 Å². The molecule has 0 aliphatic heterocycles. The maximum atomic E-state index is 11.6. The largest absolute Gasteiger partial charge is 0.393 e. The molecule has 0 radical (unpaired) electrons. The van der Waals surface area contributed by atoms with Crippen molar-refractivity contribution in [2.24, 2.45) is 0 Å². The number of hydrogen-bond acceptors (Lipinski definition) is 1. The molecular formula is C4H7ClF2O. The summed E-state index contributed by atoms with van der Waals surface area (Å²) in [7, 11) is 0. The topological polar surface area (TPSA) is 20.2 Å². The van der Waals surface area contributed by atoms with Crippen molar-refractivity contribution >= 4 is 12.4 Å². The SMILES string of the molecule is Cl.OC1CC(F)(F)C1. The van der Waals surface area contributed by atoms with Gasteiger partial charge >= 0.3 is 0 Å². The summed E-state index contributed by atoms with van der Waals surface area (Å²) in [6, 6.07) is 0. The van der Waals surface area contributed by atoms with Gasteiger partial charge in [-0.1, -0.05) is 0 Å². The molecule has 0 amide bonds. The van der Waals surface area contributed by atoms with E-state index in [-0.39, 0.29) is 25.2 Å². The summed E-state index contributed by atoms with van der Waals surface area (Å²) in [5.41, 5.74) is 0. The second kappa shape index (κ2) is 2.15. The zero-order valence-electron chi connectivity index (χ0n) is 4.10. The Morgan fingerprint density at radius 3 is 1.75 bits per heavy atom. The van der Waals surface area contributed by atoms with Gasteiger partial charge in [0, 0.05) is 12.8 Å². The molecule has 1 N–H and O–H groups in total. The van der Waals surface area contributed by atoms with Gasteiger partial charge in [0.2, 0.25) is 0 Å². The molecule has 4 heteroatoms. The van der Waals surface area contributed by atoms with E-state index >= 15 is 0 Å². The molecule has 0 saturated heterocycles. The molecule has 1 nitrogen and oxygen atoms in total. The summed E-state index contributed by atoms with van der Waals surface area (Å²) in [4.78, 5) is 0. The smallest absolute Gasteiger partial charge is 0.253 e.